The SMILES string of the molecule is CC(=O)c1c(O)c(C)c(O)c2c1OC1=CC(=O)/C(=C(/C)NCCCCCCCCN)C(=O)[C@@]12C. The standard InChI is InChI=1S/C26H34N2O6/c1-14-22(31)20(16(3)29)24-21(23(14)32)26(4)18(34-24)13-17(30)19(25(26)33)15(2)28-12-10-8-6-5-7-9-11-27/h13,28,31-32H,5-12,27H2,1-4H3/b19-15+/t26-/m0/s1. The predicted molar refractivity (Wildman–Crippen MR) is 128 cm³/mol. The van der Waals surface area contributed by atoms with Crippen molar-refractivity contribution in [2.45, 2.75) is 71.6 Å². The quantitative estimate of drug-likeness (QED) is 0.176. The monoisotopic (exact) mass is 470 g/mol. The second-order valence-electron chi connectivity index (χ2n) is 9.22. The summed E-state index contributed by atoms with van der Waals surface area (Å²) in [4.78, 5) is 38.8. The first-order chi connectivity index (χ1) is 16.1. The summed E-state index contributed by atoms with van der Waals surface area (Å²) in [7, 11) is 0. The van der Waals surface area contributed by atoms with Crippen LogP contribution in [0.3, 0.4) is 0 Å². The van der Waals surface area contributed by atoms with Gasteiger partial charge in [0, 0.05) is 23.9 Å². The topological polar surface area (TPSA) is 139 Å². The van der Waals surface area contributed by atoms with Crippen molar-refractivity contribution in [1.82, 2.24) is 5.32 Å². The van der Waals surface area contributed by atoms with Crippen LogP contribution in [0.4, 0.5) is 0 Å². The minimum absolute atomic E-state index is 0.000138. The number of hydrogen-bond acceptors (Lipinski definition) is 8. The van der Waals surface area contributed by atoms with Gasteiger partial charge >= 0.3 is 0 Å². The van der Waals surface area contributed by atoms with Gasteiger partial charge < -0.3 is 26.0 Å². The molecule has 8 nitrogen and oxygen atoms in total. The fraction of sp³-hybridized carbons (Fsp3) is 0.500. The van der Waals surface area contributed by atoms with Gasteiger partial charge in [0.1, 0.15) is 34.0 Å². The summed E-state index contributed by atoms with van der Waals surface area (Å²) in [6.07, 6.45) is 7.59. The van der Waals surface area contributed by atoms with Gasteiger partial charge in [0.2, 0.25) is 0 Å². The molecule has 1 aromatic rings. The van der Waals surface area contributed by atoms with E-state index in [4.69, 9.17) is 10.5 Å². The van der Waals surface area contributed by atoms with E-state index < -0.39 is 28.5 Å². The first kappa shape index (κ1) is 25.5. The Kier molecular flexibility index (Phi) is 7.51. The molecular weight excluding hydrogens is 436 g/mol. The Hall–Kier alpha value is -3.13. The van der Waals surface area contributed by atoms with E-state index >= 15 is 0 Å². The van der Waals surface area contributed by atoms with Crippen molar-refractivity contribution in [2.24, 2.45) is 5.73 Å². The van der Waals surface area contributed by atoms with Crippen LogP contribution in [0, 0.1) is 6.92 Å². The third-order valence-electron chi connectivity index (χ3n) is 6.78. The van der Waals surface area contributed by atoms with Gasteiger partial charge in [-0.15, -0.1) is 0 Å². The van der Waals surface area contributed by atoms with E-state index in [1.54, 1.807) is 13.8 Å². The van der Waals surface area contributed by atoms with Crippen LogP contribution in [0.15, 0.2) is 23.1 Å². The van der Waals surface area contributed by atoms with Gasteiger partial charge in [-0.25, -0.2) is 0 Å². The largest absolute Gasteiger partial charge is 0.507 e. The van der Waals surface area contributed by atoms with E-state index in [0.717, 1.165) is 45.1 Å². The number of Topliss-reactive ketones (excluding diaryl/α,β-unsaturated/α-hetero) is 2. The molecule has 1 aromatic carbocycles. The van der Waals surface area contributed by atoms with Gasteiger partial charge in [-0.2, -0.15) is 0 Å². The zero-order valence-corrected chi connectivity index (χ0v) is 20.3. The molecule has 2 aliphatic rings. The maximum Gasteiger partial charge on any atom is 0.194 e. The number of nitrogens with two attached hydrogens (primary N) is 1. The van der Waals surface area contributed by atoms with Crippen molar-refractivity contribution in [3.8, 4) is 17.2 Å². The van der Waals surface area contributed by atoms with Crippen LogP contribution in [0.25, 0.3) is 0 Å². The number of aromatic hydroxyl groups is 2. The van der Waals surface area contributed by atoms with Crippen molar-refractivity contribution in [1.29, 1.82) is 0 Å². The van der Waals surface area contributed by atoms with Gasteiger partial charge in [-0.1, -0.05) is 25.7 Å². The van der Waals surface area contributed by atoms with Crippen LogP contribution in [-0.2, 0) is 15.0 Å². The predicted octanol–water partition coefficient (Wildman–Crippen LogP) is 3.46. The van der Waals surface area contributed by atoms with Gasteiger partial charge in [0.05, 0.1) is 11.1 Å². The van der Waals surface area contributed by atoms with Crippen LogP contribution in [0.2, 0.25) is 0 Å². The highest BCUT2D eigenvalue weighted by atomic mass is 16.5. The number of carbonyl (C=O) groups excluding carboxylic acids is 3. The Morgan fingerprint density at radius 1 is 1.06 bits per heavy atom. The molecule has 8 heteroatoms. The molecule has 1 atom stereocenters. The van der Waals surface area contributed by atoms with Crippen LogP contribution >= 0.6 is 0 Å². The number of phenolic OH excluding ortho intramolecular Hbond substituents is 2. The zero-order chi connectivity index (χ0) is 25.2. The van der Waals surface area contributed by atoms with Crippen LogP contribution in [0.5, 0.6) is 17.2 Å². The summed E-state index contributed by atoms with van der Waals surface area (Å²) in [5.74, 6) is -2.26. The average molecular weight is 471 g/mol. The number of nitrogens with one attached hydrogen (secondary N) is 1. The average Bonchev–Trinajstić information content (AvgIpc) is 3.07. The van der Waals surface area contributed by atoms with E-state index in [2.05, 4.69) is 5.32 Å². The number of ketones is 3. The van der Waals surface area contributed by atoms with Crippen LogP contribution in [0.1, 0.15) is 80.8 Å². The summed E-state index contributed by atoms with van der Waals surface area (Å²) in [5, 5.41) is 24.5. The number of carbonyl (C=O) groups is 3. The number of unbranched alkanes of at least 4 members (excludes halogenated alkanes) is 5. The molecule has 0 fully saturated rings. The normalized spacial score (nSPS) is 20.4. The molecule has 0 amide bonds. The fourth-order valence-corrected chi connectivity index (χ4v) is 4.70. The molecule has 34 heavy (non-hydrogen) atoms. The fourth-order valence-electron chi connectivity index (χ4n) is 4.70. The van der Waals surface area contributed by atoms with E-state index in [9.17, 15) is 24.6 Å². The van der Waals surface area contributed by atoms with Gasteiger partial charge in [-0.3, -0.25) is 14.4 Å². The summed E-state index contributed by atoms with van der Waals surface area (Å²) < 4.78 is 5.77. The summed E-state index contributed by atoms with van der Waals surface area (Å²) >= 11 is 0. The zero-order valence-electron chi connectivity index (χ0n) is 20.3. The highest BCUT2D eigenvalue weighted by molar-refractivity contribution is 6.31. The van der Waals surface area contributed by atoms with Gasteiger partial charge in [-0.05, 0) is 47.1 Å². The Bertz CT molecular complexity index is 1100. The maximum atomic E-state index is 13.7. The lowest BCUT2D eigenvalue weighted by molar-refractivity contribution is -0.123. The Morgan fingerprint density at radius 3 is 2.29 bits per heavy atom. The first-order valence-corrected chi connectivity index (χ1v) is 11.8. The minimum atomic E-state index is -1.49. The second-order valence-corrected chi connectivity index (χ2v) is 9.22. The molecule has 0 bridgehead atoms. The Labute approximate surface area is 199 Å². The lowest BCUT2D eigenvalue weighted by atomic mass is 9.70. The molecule has 0 spiro atoms. The molecule has 0 saturated heterocycles. The molecule has 1 heterocycles. The first-order valence-electron chi connectivity index (χ1n) is 11.8. The molecular formula is C26H34N2O6. The minimum Gasteiger partial charge on any atom is -0.507 e. The number of rotatable bonds is 10. The number of allylic oxidation sites excluding steroid dienone is 4. The smallest absolute Gasteiger partial charge is 0.194 e. The molecule has 1 aliphatic carbocycles. The molecule has 0 saturated carbocycles. The van der Waals surface area contributed by atoms with Crippen molar-refractivity contribution in [3.63, 3.8) is 0 Å². The van der Waals surface area contributed by atoms with Crippen molar-refractivity contribution >= 4 is 17.3 Å². The molecule has 5 N–H and O–H groups in total. The highest BCUT2D eigenvalue weighted by Crippen LogP contribution is 2.57. The van der Waals surface area contributed by atoms with E-state index in [1.807, 2.05) is 0 Å². The number of ether oxygens (including phenoxy) is 1. The summed E-state index contributed by atoms with van der Waals surface area (Å²) in [6.45, 7) is 7.32. The highest BCUT2D eigenvalue weighted by Gasteiger charge is 2.56. The summed E-state index contributed by atoms with van der Waals surface area (Å²) in [5.41, 5.74) is 4.54. The number of benzene rings is 1. The third kappa shape index (κ3) is 4.22. The number of fused-ring (bicyclic) bond motifs is 3. The van der Waals surface area contributed by atoms with Crippen molar-refractivity contribution < 1.29 is 29.3 Å². The molecule has 1 aliphatic heterocycles. The lowest BCUT2D eigenvalue weighted by Gasteiger charge is -2.29. The van der Waals surface area contributed by atoms with Crippen LogP contribution in [-0.4, -0.2) is 40.7 Å². The molecule has 0 aromatic heterocycles. The van der Waals surface area contributed by atoms with E-state index in [1.165, 1.54) is 19.9 Å². The summed E-state index contributed by atoms with van der Waals surface area (Å²) in [6, 6.07) is 0. The third-order valence-corrected chi connectivity index (χ3v) is 6.78. The number of hydrogen-bond donors (Lipinski definition) is 4. The Morgan fingerprint density at radius 2 is 1.68 bits per heavy atom. The van der Waals surface area contributed by atoms with E-state index in [-0.39, 0.29) is 39.5 Å². The lowest BCUT2D eigenvalue weighted by Crippen LogP contribution is -2.41. The molecule has 184 valence electrons. The molecule has 0 unspecified atom stereocenters. The second kappa shape index (κ2) is 10.0. The van der Waals surface area contributed by atoms with Crippen molar-refractivity contribution in [3.05, 3.63) is 39.8 Å². The maximum absolute atomic E-state index is 13.7. The van der Waals surface area contributed by atoms with Crippen molar-refractivity contribution in [2.75, 3.05) is 13.1 Å². The van der Waals surface area contributed by atoms with Crippen LogP contribution < -0.4 is 15.8 Å². The van der Waals surface area contributed by atoms with Gasteiger partial charge in [0.25, 0.3) is 0 Å². The van der Waals surface area contributed by atoms with Gasteiger partial charge in [0.15, 0.2) is 17.3 Å². The van der Waals surface area contributed by atoms with E-state index in [0.29, 0.717) is 12.2 Å². The molecule has 3 rings (SSSR count). The number of phenols is 2. The Balaban J connectivity index is 1.89. The molecule has 0 radical (unpaired) electrons.